The molecule has 1 aromatic rings. The minimum atomic E-state index is -2.43. The summed E-state index contributed by atoms with van der Waals surface area (Å²) < 4.78 is 16.6. The molecule has 0 saturated heterocycles. The summed E-state index contributed by atoms with van der Waals surface area (Å²) in [6.07, 6.45) is 1.10. The number of hydrogen-bond acceptors (Lipinski definition) is 3. The Balaban J connectivity index is 2.75. The van der Waals surface area contributed by atoms with Crippen molar-refractivity contribution in [3.05, 3.63) is 24.3 Å². The third-order valence-corrected chi connectivity index (χ3v) is 15.5. The van der Waals surface area contributed by atoms with Crippen LogP contribution in [0.4, 0.5) is 0 Å². The molecule has 6 heteroatoms. The second-order valence-electron chi connectivity index (χ2n) is 7.85. The van der Waals surface area contributed by atoms with Crippen LogP contribution in [0, 0.1) is 0 Å². The van der Waals surface area contributed by atoms with Gasteiger partial charge in [0.15, 0.2) is 0 Å². The maximum Gasteiger partial charge on any atom is 0.500 e. The zero-order valence-electron chi connectivity index (χ0n) is 16.9. The summed E-state index contributed by atoms with van der Waals surface area (Å²) in [5.74, 6) is 0. The fraction of sp³-hybridized carbons (Fsp3) is 0.667. The first-order chi connectivity index (χ1) is 11.2. The molecule has 0 radical (unpaired) electrons. The summed E-state index contributed by atoms with van der Waals surface area (Å²) in [5, 5.41) is 3.12. The van der Waals surface area contributed by atoms with Gasteiger partial charge in [-0.25, -0.2) is 0 Å². The lowest BCUT2D eigenvalue weighted by Crippen LogP contribution is -2.46. The van der Waals surface area contributed by atoms with E-state index in [1.54, 1.807) is 31.7 Å². The van der Waals surface area contributed by atoms with E-state index >= 15 is 0 Å². The van der Waals surface area contributed by atoms with E-state index in [1.807, 2.05) is 0 Å². The van der Waals surface area contributed by atoms with Crippen molar-refractivity contribution in [1.29, 1.82) is 0 Å². The van der Waals surface area contributed by atoms with Crippen molar-refractivity contribution in [3.63, 3.8) is 0 Å². The van der Waals surface area contributed by atoms with Crippen molar-refractivity contribution in [2.24, 2.45) is 0 Å². The third kappa shape index (κ3) is 5.37. The van der Waals surface area contributed by atoms with Crippen LogP contribution in [-0.4, -0.2) is 46.3 Å². The lowest BCUT2D eigenvalue weighted by atomic mass is 10.4. The second kappa shape index (κ2) is 8.91. The highest BCUT2D eigenvalue weighted by Gasteiger charge is 2.38. The molecule has 0 amide bonds. The van der Waals surface area contributed by atoms with Crippen LogP contribution in [0.5, 0.6) is 0 Å². The minimum Gasteiger partial charge on any atom is -0.377 e. The van der Waals surface area contributed by atoms with Crippen molar-refractivity contribution in [2.75, 3.05) is 21.3 Å². The maximum atomic E-state index is 5.54. The van der Waals surface area contributed by atoms with Crippen molar-refractivity contribution in [2.45, 2.75) is 57.7 Å². The van der Waals surface area contributed by atoms with Crippen molar-refractivity contribution >= 4 is 35.3 Å². The van der Waals surface area contributed by atoms with Gasteiger partial charge in [0.25, 0.3) is 0 Å². The van der Waals surface area contributed by atoms with Crippen LogP contribution in [-0.2, 0) is 13.3 Å². The van der Waals surface area contributed by atoms with E-state index in [-0.39, 0.29) is 0 Å². The van der Waals surface area contributed by atoms with E-state index in [2.05, 4.69) is 57.4 Å². The molecule has 0 saturated carbocycles. The summed E-state index contributed by atoms with van der Waals surface area (Å²) in [5.41, 5.74) is 0. The number of benzene rings is 1. The molecule has 0 aliphatic rings. The lowest BCUT2D eigenvalue weighted by Gasteiger charge is -2.28. The molecular weight excluding hydrogens is 348 g/mol. The second-order valence-corrected chi connectivity index (χ2v) is 20.8. The average Bonchev–Trinajstić information content (AvgIpc) is 2.59. The summed E-state index contributed by atoms with van der Waals surface area (Å²) in [4.78, 5) is 0. The molecule has 0 aromatic heterocycles. The smallest absolute Gasteiger partial charge is 0.377 e. The Morgan fingerprint density at radius 2 is 1.12 bits per heavy atom. The Hall–Kier alpha value is -0.249. The van der Waals surface area contributed by atoms with Gasteiger partial charge in [0.1, 0.15) is 0 Å². The first kappa shape index (κ1) is 21.8. The van der Waals surface area contributed by atoms with Gasteiger partial charge in [-0.15, -0.1) is 0 Å². The minimum absolute atomic E-state index is 0.890. The predicted molar refractivity (Wildman–Crippen MR) is 112 cm³/mol. The first-order valence-corrected chi connectivity index (χ1v) is 17.3. The highest BCUT2D eigenvalue weighted by Crippen LogP contribution is 2.21. The summed E-state index contributed by atoms with van der Waals surface area (Å²) in [7, 11) is -0.0138. The van der Waals surface area contributed by atoms with E-state index < -0.39 is 25.0 Å². The van der Waals surface area contributed by atoms with Crippen LogP contribution in [0.2, 0.25) is 44.3 Å². The average molecular weight is 385 g/mol. The number of rotatable bonds is 10. The predicted octanol–water partition coefficient (Wildman–Crippen LogP) is 3.81. The quantitative estimate of drug-likeness (QED) is 0.574. The summed E-state index contributed by atoms with van der Waals surface area (Å²) in [6.45, 7) is 12.1. The van der Waals surface area contributed by atoms with Crippen LogP contribution < -0.4 is 10.4 Å². The topological polar surface area (TPSA) is 27.7 Å². The third-order valence-electron chi connectivity index (χ3n) is 5.55. The zero-order valence-corrected chi connectivity index (χ0v) is 19.9. The van der Waals surface area contributed by atoms with Crippen molar-refractivity contribution < 1.29 is 13.3 Å². The van der Waals surface area contributed by atoms with Crippen molar-refractivity contribution in [1.82, 2.24) is 0 Å². The zero-order chi connectivity index (χ0) is 18.4. The molecule has 0 aliphatic carbocycles. The van der Waals surface area contributed by atoms with Gasteiger partial charge in [-0.2, -0.15) is 0 Å². The molecule has 0 atom stereocenters. The fourth-order valence-corrected chi connectivity index (χ4v) is 9.00. The van der Waals surface area contributed by atoms with Crippen molar-refractivity contribution in [3.8, 4) is 0 Å². The standard InChI is InChI=1S/C18H36O3Si3/c1-9-22(5,6)17-11-13-18(14-12-17)23(7,8)15-10-16-24(19-2,20-3)21-4/h11-14H,9-10,15-16H2,1-8H3. The molecule has 1 aromatic carbocycles. The molecule has 138 valence electrons. The molecule has 0 spiro atoms. The Morgan fingerprint density at radius 1 is 0.708 bits per heavy atom. The lowest BCUT2D eigenvalue weighted by molar-refractivity contribution is 0.123. The largest absolute Gasteiger partial charge is 0.500 e. The molecule has 0 aliphatic heterocycles. The first-order valence-electron chi connectivity index (χ1n) is 8.93. The Kier molecular flexibility index (Phi) is 8.09. The van der Waals surface area contributed by atoms with Gasteiger partial charge in [0.05, 0.1) is 16.1 Å². The Morgan fingerprint density at radius 3 is 1.50 bits per heavy atom. The van der Waals surface area contributed by atoms with Gasteiger partial charge < -0.3 is 13.3 Å². The molecule has 0 bridgehead atoms. The van der Waals surface area contributed by atoms with E-state index in [9.17, 15) is 0 Å². The highest BCUT2D eigenvalue weighted by molar-refractivity contribution is 6.91. The SMILES string of the molecule is CC[Si](C)(C)c1ccc([Si](C)(C)CCC[Si](OC)(OC)OC)cc1. The molecular formula is C18H36O3Si3. The monoisotopic (exact) mass is 384 g/mol. The van der Waals surface area contributed by atoms with Gasteiger partial charge in [-0.3, -0.25) is 0 Å². The maximum absolute atomic E-state index is 5.54. The van der Waals surface area contributed by atoms with Gasteiger partial charge >= 0.3 is 8.80 Å². The fourth-order valence-electron chi connectivity index (χ4n) is 3.02. The van der Waals surface area contributed by atoms with E-state index in [0.717, 1.165) is 12.5 Å². The van der Waals surface area contributed by atoms with Gasteiger partial charge in [-0.05, 0) is 0 Å². The van der Waals surface area contributed by atoms with Crippen LogP contribution in [0.25, 0.3) is 0 Å². The van der Waals surface area contributed by atoms with Gasteiger partial charge in [-0.1, -0.05) is 86.3 Å². The molecule has 0 N–H and O–H groups in total. The Bertz CT molecular complexity index is 488. The number of hydrogen-bond donors (Lipinski definition) is 0. The summed E-state index contributed by atoms with van der Waals surface area (Å²) >= 11 is 0. The van der Waals surface area contributed by atoms with Gasteiger partial charge in [0.2, 0.25) is 0 Å². The summed E-state index contributed by atoms with van der Waals surface area (Å²) in [6, 6.07) is 13.0. The molecule has 3 nitrogen and oxygen atoms in total. The molecule has 1 rings (SSSR count). The van der Waals surface area contributed by atoms with Gasteiger partial charge in [0, 0.05) is 27.4 Å². The molecule has 24 heavy (non-hydrogen) atoms. The van der Waals surface area contributed by atoms with E-state index in [1.165, 1.54) is 12.1 Å². The van der Waals surface area contributed by atoms with Crippen LogP contribution in [0.3, 0.4) is 0 Å². The molecule has 0 unspecified atom stereocenters. The van der Waals surface area contributed by atoms with E-state index in [4.69, 9.17) is 13.3 Å². The Labute approximate surface area is 152 Å². The molecule has 0 fully saturated rings. The van der Waals surface area contributed by atoms with Crippen LogP contribution in [0.15, 0.2) is 24.3 Å². The van der Waals surface area contributed by atoms with Crippen LogP contribution >= 0.6 is 0 Å². The highest BCUT2D eigenvalue weighted by atomic mass is 28.4. The molecule has 0 heterocycles. The normalized spacial score (nSPS) is 13.3. The van der Waals surface area contributed by atoms with Crippen LogP contribution in [0.1, 0.15) is 13.3 Å². The van der Waals surface area contributed by atoms with E-state index in [0.29, 0.717) is 0 Å².